The van der Waals surface area contributed by atoms with Crippen LogP contribution in [0.3, 0.4) is 0 Å². The van der Waals surface area contributed by atoms with E-state index in [0.717, 1.165) is 34.8 Å². The van der Waals surface area contributed by atoms with Gasteiger partial charge in [0.15, 0.2) is 0 Å². The molecule has 1 aliphatic rings. The monoisotopic (exact) mass is 348 g/mol. The van der Waals surface area contributed by atoms with Gasteiger partial charge in [-0.2, -0.15) is 0 Å². The van der Waals surface area contributed by atoms with Crippen LogP contribution in [-0.4, -0.2) is 10.9 Å². The molecule has 1 amide bonds. The van der Waals surface area contributed by atoms with Gasteiger partial charge in [-0.05, 0) is 50.5 Å². The molecule has 0 aliphatic heterocycles. The van der Waals surface area contributed by atoms with E-state index < -0.39 is 0 Å². The van der Waals surface area contributed by atoms with Crippen LogP contribution in [0.15, 0.2) is 47.8 Å². The Balaban J connectivity index is 1.61. The Bertz CT molecular complexity index is 941. The summed E-state index contributed by atoms with van der Waals surface area (Å²) < 4.78 is 0. The molecule has 0 unspecified atom stereocenters. The number of hydrogen-bond acceptors (Lipinski definition) is 3. The van der Waals surface area contributed by atoms with Gasteiger partial charge < -0.3 is 5.32 Å². The number of carbonyl (C=O) groups excluding carboxylic acids is 1. The molecule has 0 saturated heterocycles. The Labute approximate surface area is 151 Å². The normalized spacial score (nSPS) is 13.7. The Morgan fingerprint density at radius 3 is 2.80 bits per heavy atom. The standard InChI is InChI=1S/C21H20N2OS/c1-13-6-7-14(2)18(10-13)19-12-25-21(23-19)16-4-3-5-17(11-16)22-20(24)15-8-9-15/h3-7,10-12,15H,8-9H2,1-2H3,(H,22,24). The zero-order valence-electron chi connectivity index (χ0n) is 14.4. The van der Waals surface area contributed by atoms with Gasteiger partial charge in [0.05, 0.1) is 5.69 Å². The maximum atomic E-state index is 12.0. The van der Waals surface area contributed by atoms with E-state index in [1.54, 1.807) is 11.3 Å². The maximum absolute atomic E-state index is 12.0. The molecule has 25 heavy (non-hydrogen) atoms. The molecule has 3 nitrogen and oxygen atoms in total. The summed E-state index contributed by atoms with van der Waals surface area (Å²) in [6.07, 6.45) is 2.02. The highest BCUT2D eigenvalue weighted by atomic mass is 32.1. The second-order valence-electron chi connectivity index (χ2n) is 6.70. The summed E-state index contributed by atoms with van der Waals surface area (Å²) in [5.41, 5.74) is 6.54. The van der Waals surface area contributed by atoms with Crippen LogP contribution in [0.4, 0.5) is 5.69 Å². The van der Waals surface area contributed by atoms with Crippen molar-refractivity contribution in [3.05, 3.63) is 59.0 Å². The first-order valence-corrected chi connectivity index (χ1v) is 9.42. The molecule has 0 radical (unpaired) electrons. The number of aryl methyl sites for hydroxylation is 2. The van der Waals surface area contributed by atoms with Crippen LogP contribution in [0.2, 0.25) is 0 Å². The molecule has 1 N–H and O–H groups in total. The lowest BCUT2D eigenvalue weighted by Crippen LogP contribution is -2.13. The molecule has 126 valence electrons. The SMILES string of the molecule is Cc1ccc(C)c(-c2csc(-c3cccc(NC(=O)C4CC4)c3)n2)c1. The topological polar surface area (TPSA) is 42.0 Å². The van der Waals surface area contributed by atoms with E-state index in [9.17, 15) is 4.79 Å². The fourth-order valence-corrected chi connectivity index (χ4v) is 3.68. The highest BCUT2D eigenvalue weighted by molar-refractivity contribution is 7.13. The molecule has 1 heterocycles. The van der Waals surface area contributed by atoms with Crippen molar-refractivity contribution >= 4 is 22.9 Å². The van der Waals surface area contributed by atoms with E-state index in [1.165, 1.54) is 16.7 Å². The first kappa shape index (κ1) is 16.0. The molecule has 4 rings (SSSR count). The molecule has 0 atom stereocenters. The second-order valence-corrected chi connectivity index (χ2v) is 7.56. The predicted molar refractivity (Wildman–Crippen MR) is 104 cm³/mol. The van der Waals surface area contributed by atoms with Crippen LogP contribution in [0.1, 0.15) is 24.0 Å². The Hall–Kier alpha value is -2.46. The average molecular weight is 348 g/mol. The zero-order valence-corrected chi connectivity index (χ0v) is 15.2. The average Bonchev–Trinajstić information content (AvgIpc) is 3.35. The first-order chi connectivity index (χ1) is 12.1. The van der Waals surface area contributed by atoms with Gasteiger partial charge in [-0.15, -0.1) is 11.3 Å². The minimum atomic E-state index is 0.132. The fourth-order valence-electron chi connectivity index (χ4n) is 2.86. The fraction of sp³-hybridized carbons (Fsp3) is 0.238. The summed E-state index contributed by atoms with van der Waals surface area (Å²) in [4.78, 5) is 16.8. The number of rotatable bonds is 4. The van der Waals surface area contributed by atoms with Crippen LogP contribution >= 0.6 is 11.3 Å². The number of hydrogen-bond donors (Lipinski definition) is 1. The van der Waals surface area contributed by atoms with Gasteiger partial charge >= 0.3 is 0 Å². The lowest BCUT2D eigenvalue weighted by molar-refractivity contribution is -0.117. The zero-order chi connectivity index (χ0) is 17.4. The van der Waals surface area contributed by atoms with Crippen molar-refractivity contribution in [3.63, 3.8) is 0 Å². The van der Waals surface area contributed by atoms with Crippen molar-refractivity contribution in [3.8, 4) is 21.8 Å². The van der Waals surface area contributed by atoms with Crippen molar-refractivity contribution in [2.24, 2.45) is 5.92 Å². The van der Waals surface area contributed by atoms with Crippen LogP contribution < -0.4 is 5.32 Å². The van der Waals surface area contributed by atoms with E-state index in [-0.39, 0.29) is 11.8 Å². The summed E-state index contributed by atoms with van der Waals surface area (Å²) in [5.74, 6) is 0.340. The molecule has 1 aliphatic carbocycles. The van der Waals surface area contributed by atoms with Gasteiger partial charge in [0.2, 0.25) is 5.91 Å². The van der Waals surface area contributed by atoms with Crippen molar-refractivity contribution < 1.29 is 4.79 Å². The smallest absolute Gasteiger partial charge is 0.227 e. The molecule has 0 spiro atoms. The summed E-state index contributed by atoms with van der Waals surface area (Å²) in [6.45, 7) is 4.21. The summed E-state index contributed by atoms with van der Waals surface area (Å²) in [7, 11) is 0. The van der Waals surface area contributed by atoms with Crippen LogP contribution in [0, 0.1) is 19.8 Å². The third kappa shape index (κ3) is 3.49. The largest absolute Gasteiger partial charge is 0.326 e. The van der Waals surface area contributed by atoms with E-state index >= 15 is 0 Å². The lowest BCUT2D eigenvalue weighted by Gasteiger charge is -2.06. The number of benzene rings is 2. The van der Waals surface area contributed by atoms with Crippen molar-refractivity contribution in [1.82, 2.24) is 4.98 Å². The van der Waals surface area contributed by atoms with Gasteiger partial charge in [-0.1, -0.05) is 29.8 Å². The highest BCUT2D eigenvalue weighted by Crippen LogP contribution is 2.33. The van der Waals surface area contributed by atoms with Crippen LogP contribution in [0.25, 0.3) is 21.8 Å². The number of anilines is 1. The summed E-state index contributed by atoms with van der Waals surface area (Å²) in [5, 5.41) is 6.08. The van der Waals surface area contributed by atoms with E-state index in [2.05, 4.69) is 42.7 Å². The molecule has 1 aromatic heterocycles. The molecular weight excluding hydrogens is 328 g/mol. The highest BCUT2D eigenvalue weighted by Gasteiger charge is 2.29. The summed E-state index contributed by atoms with van der Waals surface area (Å²) >= 11 is 1.63. The van der Waals surface area contributed by atoms with Gasteiger partial charge in [0, 0.05) is 28.1 Å². The van der Waals surface area contributed by atoms with Crippen molar-refractivity contribution in [2.45, 2.75) is 26.7 Å². The molecule has 1 saturated carbocycles. The molecule has 1 fully saturated rings. The number of amides is 1. The second kappa shape index (κ2) is 6.45. The number of nitrogens with zero attached hydrogens (tertiary/aromatic N) is 1. The van der Waals surface area contributed by atoms with E-state index in [0.29, 0.717) is 0 Å². The summed E-state index contributed by atoms with van der Waals surface area (Å²) in [6, 6.07) is 14.4. The van der Waals surface area contributed by atoms with Gasteiger partial charge in [0.1, 0.15) is 5.01 Å². The molecule has 0 bridgehead atoms. The molecule has 2 aromatic carbocycles. The minimum Gasteiger partial charge on any atom is -0.326 e. The maximum Gasteiger partial charge on any atom is 0.227 e. The van der Waals surface area contributed by atoms with Gasteiger partial charge in [0.25, 0.3) is 0 Å². The Kier molecular flexibility index (Phi) is 4.14. The molecule has 3 aromatic rings. The third-order valence-electron chi connectivity index (χ3n) is 4.50. The number of nitrogens with one attached hydrogen (secondary N) is 1. The quantitative estimate of drug-likeness (QED) is 0.682. The van der Waals surface area contributed by atoms with Gasteiger partial charge in [-0.3, -0.25) is 4.79 Å². The van der Waals surface area contributed by atoms with Crippen LogP contribution in [0.5, 0.6) is 0 Å². The Morgan fingerprint density at radius 2 is 2.00 bits per heavy atom. The minimum absolute atomic E-state index is 0.132. The van der Waals surface area contributed by atoms with Crippen molar-refractivity contribution in [2.75, 3.05) is 5.32 Å². The van der Waals surface area contributed by atoms with E-state index in [1.807, 2.05) is 24.3 Å². The van der Waals surface area contributed by atoms with Gasteiger partial charge in [-0.25, -0.2) is 4.98 Å². The first-order valence-electron chi connectivity index (χ1n) is 8.54. The number of aromatic nitrogens is 1. The van der Waals surface area contributed by atoms with Crippen molar-refractivity contribution in [1.29, 1.82) is 0 Å². The predicted octanol–water partition coefficient (Wildman–Crippen LogP) is 5.44. The molecule has 4 heteroatoms. The molecular formula is C21H20N2OS. The number of carbonyl (C=O) groups is 1. The number of thiazole rings is 1. The lowest BCUT2D eigenvalue weighted by atomic mass is 10.0. The van der Waals surface area contributed by atoms with E-state index in [4.69, 9.17) is 4.98 Å². The van der Waals surface area contributed by atoms with Crippen LogP contribution in [-0.2, 0) is 4.79 Å². The third-order valence-corrected chi connectivity index (χ3v) is 5.39. The Morgan fingerprint density at radius 1 is 1.16 bits per heavy atom.